The molecule has 1 heterocycles. The molecule has 1 saturated heterocycles. The van der Waals surface area contributed by atoms with Crippen LogP contribution in [0.2, 0.25) is 0 Å². The summed E-state index contributed by atoms with van der Waals surface area (Å²) in [6.45, 7) is 5.60. The number of aryl methyl sites for hydroxylation is 1. The van der Waals surface area contributed by atoms with Gasteiger partial charge in [-0.1, -0.05) is 24.3 Å². The lowest BCUT2D eigenvalue weighted by molar-refractivity contribution is 0.00244. The normalized spacial score (nSPS) is 19.6. The Bertz CT molecular complexity index is 334. The van der Waals surface area contributed by atoms with Crippen LogP contribution in [0.1, 0.15) is 17.2 Å². The van der Waals surface area contributed by atoms with E-state index in [0.29, 0.717) is 0 Å². The molecule has 2 rings (SSSR count). The molecule has 1 fully saturated rings. The molecule has 0 saturated carbocycles. The molecule has 3 heteroatoms. The first-order valence-corrected chi connectivity index (χ1v) is 5.81. The van der Waals surface area contributed by atoms with Crippen molar-refractivity contribution >= 4 is 0 Å². The molecule has 88 valence electrons. The van der Waals surface area contributed by atoms with Crippen molar-refractivity contribution in [3.63, 3.8) is 0 Å². The van der Waals surface area contributed by atoms with Crippen molar-refractivity contribution in [2.24, 2.45) is 0 Å². The van der Waals surface area contributed by atoms with Crippen molar-refractivity contribution in [1.29, 1.82) is 0 Å². The second-order valence-corrected chi connectivity index (χ2v) is 4.20. The Morgan fingerprint density at radius 3 is 2.62 bits per heavy atom. The van der Waals surface area contributed by atoms with Gasteiger partial charge < -0.3 is 9.84 Å². The zero-order valence-electron chi connectivity index (χ0n) is 9.72. The lowest BCUT2D eigenvalue weighted by Gasteiger charge is -2.34. The number of rotatable bonds is 3. The van der Waals surface area contributed by atoms with E-state index >= 15 is 0 Å². The summed E-state index contributed by atoms with van der Waals surface area (Å²) in [4.78, 5) is 2.30. The summed E-state index contributed by atoms with van der Waals surface area (Å²) in [6.07, 6.45) is 0. The Kier molecular flexibility index (Phi) is 3.93. The summed E-state index contributed by atoms with van der Waals surface area (Å²) in [5.41, 5.74) is 2.47. The molecule has 1 atom stereocenters. The topological polar surface area (TPSA) is 32.7 Å². The first-order chi connectivity index (χ1) is 7.83. The van der Waals surface area contributed by atoms with E-state index in [-0.39, 0.29) is 12.6 Å². The molecule has 1 N–H and O–H groups in total. The predicted molar refractivity (Wildman–Crippen MR) is 63.4 cm³/mol. The second-order valence-electron chi connectivity index (χ2n) is 4.20. The van der Waals surface area contributed by atoms with Crippen LogP contribution in [-0.4, -0.2) is 42.9 Å². The third-order valence-corrected chi connectivity index (χ3v) is 3.21. The van der Waals surface area contributed by atoms with Crippen molar-refractivity contribution in [2.45, 2.75) is 13.0 Å². The molecule has 0 amide bonds. The highest BCUT2D eigenvalue weighted by Crippen LogP contribution is 2.23. The number of morpholine rings is 1. The van der Waals surface area contributed by atoms with Crippen LogP contribution in [0.4, 0.5) is 0 Å². The maximum Gasteiger partial charge on any atom is 0.0628 e. The van der Waals surface area contributed by atoms with Crippen LogP contribution in [0.5, 0.6) is 0 Å². The summed E-state index contributed by atoms with van der Waals surface area (Å²) >= 11 is 0. The Balaban J connectivity index is 2.18. The molecule has 1 unspecified atom stereocenters. The molecule has 1 aromatic rings. The minimum atomic E-state index is 0.116. The molecule has 1 aliphatic heterocycles. The fourth-order valence-electron chi connectivity index (χ4n) is 2.26. The van der Waals surface area contributed by atoms with Gasteiger partial charge in [-0.05, 0) is 18.1 Å². The standard InChI is InChI=1S/C13H19NO2/c1-11-4-2-3-5-12(11)13(10-15)14-6-8-16-9-7-14/h2-5,13,15H,6-10H2,1H3. The molecule has 3 nitrogen and oxygen atoms in total. The van der Waals surface area contributed by atoms with Gasteiger partial charge >= 0.3 is 0 Å². The lowest BCUT2D eigenvalue weighted by Crippen LogP contribution is -2.40. The van der Waals surface area contributed by atoms with Crippen LogP contribution in [0.25, 0.3) is 0 Å². The zero-order valence-corrected chi connectivity index (χ0v) is 9.72. The number of benzene rings is 1. The number of hydrogen-bond acceptors (Lipinski definition) is 3. The number of aliphatic hydroxyl groups excluding tert-OH is 1. The van der Waals surface area contributed by atoms with Gasteiger partial charge in [0.15, 0.2) is 0 Å². The largest absolute Gasteiger partial charge is 0.394 e. The van der Waals surface area contributed by atoms with Gasteiger partial charge in [-0.2, -0.15) is 0 Å². The third kappa shape index (κ3) is 2.43. The zero-order chi connectivity index (χ0) is 11.4. The number of ether oxygens (including phenoxy) is 1. The highest BCUT2D eigenvalue weighted by Gasteiger charge is 2.22. The van der Waals surface area contributed by atoms with Crippen molar-refractivity contribution in [3.8, 4) is 0 Å². The van der Waals surface area contributed by atoms with Gasteiger partial charge in [0.05, 0.1) is 25.9 Å². The second kappa shape index (κ2) is 5.43. The molecule has 16 heavy (non-hydrogen) atoms. The molecule has 1 aromatic carbocycles. The van der Waals surface area contributed by atoms with Crippen LogP contribution in [0.15, 0.2) is 24.3 Å². The maximum absolute atomic E-state index is 9.57. The van der Waals surface area contributed by atoms with E-state index < -0.39 is 0 Å². The van der Waals surface area contributed by atoms with E-state index in [0.717, 1.165) is 26.3 Å². The fourth-order valence-corrected chi connectivity index (χ4v) is 2.26. The first-order valence-electron chi connectivity index (χ1n) is 5.81. The summed E-state index contributed by atoms with van der Waals surface area (Å²) in [5, 5.41) is 9.57. The van der Waals surface area contributed by atoms with Gasteiger partial charge in [0.1, 0.15) is 0 Å². The Morgan fingerprint density at radius 2 is 2.00 bits per heavy atom. The van der Waals surface area contributed by atoms with Crippen LogP contribution >= 0.6 is 0 Å². The van der Waals surface area contributed by atoms with Gasteiger partial charge in [-0.25, -0.2) is 0 Å². The first kappa shape index (κ1) is 11.6. The lowest BCUT2D eigenvalue weighted by atomic mass is 10.0. The molecule has 0 radical (unpaired) electrons. The van der Waals surface area contributed by atoms with E-state index in [1.807, 2.05) is 12.1 Å². The summed E-state index contributed by atoms with van der Waals surface area (Å²) in [7, 11) is 0. The molecule has 0 aliphatic carbocycles. The molecular formula is C13H19NO2. The van der Waals surface area contributed by atoms with Crippen LogP contribution in [0, 0.1) is 6.92 Å². The Morgan fingerprint density at radius 1 is 1.31 bits per heavy atom. The van der Waals surface area contributed by atoms with E-state index in [9.17, 15) is 5.11 Å². The molecular weight excluding hydrogens is 202 g/mol. The van der Waals surface area contributed by atoms with Crippen LogP contribution in [-0.2, 0) is 4.74 Å². The highest BCUT2D eigenvalue weighted by molar-refractivity contribution is 5.29. The average molecular weight is 221 g/mol. The van der Waals surface area contributed by atoms with Gasteiger partial charge in [-0.15, -0.1) is 0 Å². The van der Waals surface area contributed by atoms with Gasteiger partial charge in [-0.3, -0.25) is 4.90 Å². The smallest absolute Gasteiger partial charge is 0.0628 e. The highest BCUT2D eigenvalue weighted by atomic mass is 16.5. The fraction of sp³-hybridized carbons (Fsp3) is 0.538. The number of hydrogen-bond donors (Lipinski definition) is 1. The van der Waals surface area contributed by atoms with Crippen LogP contribution in [0.3, 0.4) is 0 Å². The van der Waals surface area contributed by atoms with Crippen LogP contribution < -0.4 is 0 Å². The Labute approximate surface area is 96.6 Å². The van der Waals surface area contributed by atoms with E-state index in [1.54, 1.807) is 0 Å². The van der Waals surface area contributed by atoms with Crippen molar-refractivity contribution < 1.29 is 9.84 Å². The monoisotopic (exact) mass is 221 g/mol. The van der Waals surface area contributed by atoms with Gasteiger partial charge in [0, 0.05) is 13.1 Å². The predicted octanol–water partition coefficient (Wildman–Crippen LogP) is 1.36. The molecule has 0 spiro atoms. The van der Waals surface area contributed by atoms with Crippen molar-refractivity contribution in [3.05, 3.63) is 35.4 Å². The molecule has 1 aliphatic rings. The number of nitrogens with zero attached hydrogens (tertiary/aromatic N) is 1. The average Bonchev–Trinajstić information content (AvgIpc) is 2.34. The summed E-state index contributed by atoms with van der Waals surface area (Å²) in [5.74, 6) is 0. The third-order valence-electron chi connectivity index (χ3n) is 3.21. The molecule has 0 aromatic heterocycles. The van der Waals surface area contributed by atoms with E-state index in [4.69, 9.17) is 4.74 Å². The SMILES string of the molecule is Cc1ccccc1C(CO)N1CCOCC1. The molecule has 0 bridgehead atoms. The minimum absolute atomic E-state index is 0.116. The van der Waals surface area contributed by atoms with Gasteiger partial charge in [0.25, 0.3) is 0 Å². The van der Waals surface area contributed by atoms with E-state index in [2.05, 4.69) is 24.0 Å². The van der Waals surface area contributed by atoms with Gasteiger partial charge in [0.2, 0.25) is 0 Å². The maximum atomic E-state index is 9.57. The Hall–Kier alpha value is -0.900. The summed E-state index contributed by atoms with van der Waals surface area (Å²) < 4.78 is 5.34. The van der Waals surface area contributed by atoms with E-state index in [1.165, 1.54) is 11.1 Å². The number of aliphatic hydroxyl groups is 1. The van der Waals surface area contributed by atoms with Crippen molar-refractivity contribution in [2.75, 3.05) is 32.9 Å². The minimum Gasteiger partial charge on any atom is -0.394 e. The summed E-state index contributed by atoms with van der Waals surface area (Å²) in [6, 6.07) is 8.38. The quantitative estimate of drug-likeness (QED) is 0.836. The van der Waals surface area contributed by atoms with Crippen molar-refractivity contribution in [1.82, 2.24) is 4.90 Å².